The van der Waals surface area contributed by atoms with Crippen molar-refractivity contribution in [1.29, 1.82) is 0 Å². The van der Waals surface area contributed by atoms with Crippen molar-refractivity contribution in [1.82, 2.24) is 14.7 Å². The number of rotatable bonds is 4. The zero-order valence-electron chi connectivity index (χ0n) is 15.1. The maximum atomic E-state index is 12.5. The van der Waals surface area contributed by atoms with E-state index in [1.54, 1.807) is 11.8 Å². The van der Waals surface area contributed by atoms with Crippen LogP contribution in [0.15, 0.2) is 34.7 Å². The molecular formula is C19H25N3O3. The topological polar surface area (TPSA) is 57.0 Å². The summed E-state index contributed by atoms with van der Waals surface area (Å²) in [5.74, 6) is 1.02. The third-order valence-electron chi connectivity index (χ3n) is 4.98. The fourth-order valence-corrected chi connectivity index (χ4v) is 3.15. The molecule has 6 heteroatoms. The van der Waals surface area contributed by atoms with Gasteiger partial charge in [-0.05, 0) is 26.1 Å². The Bertz CT molecular complexity index is 729. The minimum Gasteiger partial charge on any atom is -0.459 e. The molecule has 0 radical (unpaired) electrons. The average molecular weight is 343 g/mol. The summed E-state index contributed by atoms with van der Waals surface area (Å²) >= 11 is 0. The van der Waals surface area contributed by atoms with Crippen molar-refractivity contribution in [2.45, 2.75) is 19.9 Å². The van der Waals surface area contributed by atoms with Gasteiger partial charge in [0.25, 0.3) is 0 Å². The van der Waals surface area contributed by atoms with E-state index >= 15 is 0 Å². The molecule has 1 aromatic carbocycles. The first kappa shape index (κ1) is 17.5. The maximum absolute atomic E-state index is 12.5. The Morgan fingerprint density at radius 2 is 1.80 bits per heavy atom. The number of para-hydroxylation sites is 1. The van der Waals surface area contributed by atoms with Gasteiger partial charge in [0.2, 0.25) is 11.8 Å². The molecule has 134 valence electrons. The van der Waals surface area contributed by atoms with Gasteiger partial charge in [-0.25, -0.2) is 0 Å². The van der Waals surface area contributed by atoms with Crippen LogP contribution in [0.1, 0.15) is 25.6 Å². The molecular weight excluding hydrogens is 318 g/mol. The van der Waals surface area contributed by atoms with Gasteiger partial charge >= 0.3 is 0 Å². The number of piperazine rings is 1. The van der Waals surface area contributed by atoms with Gasteiger partial charge in [-0.3, -0.25) is 14.5 Å². The van der Waals surface area contributed by atoms with Gasteiger partial charge in [-0.15, -0.1) is 0 Å². The Kier molecular flexibility index (Phi) is 5.08. The van der Waals surface area contributed by atoms with E-state index in [4.69, 9.17) is 4.42 Å². The van der Waals surface area contributed by atoms with E-state index in [2.05, 4.69) is 0 Å². The zero-order valence-corrected chi connectivity index (χ0v) is 15.1. The van der Waals surface area contributed by atoms with Crippen LogP contribution >= 0.6 is 0 Å². The highest BCUT2D eigenvalue weighted by Crippen LogP contribution is 2.26. The molecule has 1 aliphatic heterocycles. The first-order chi connectivity index (χ1) is 12.0. The molecule has 0 aliphatic carbocycles. The number of hydrogen-bond donors (Lipinski definition) is 0. The molecule has 1 saturated heterocycles. The number of furan rings is 1. The predicted octanol–water partition coefficient (Wildman–Crippen LogP) is 2.12. The summed E-state index contributed by atoms with van der Waals surface area (Å²) in [4.78, 5) is 29.5. The largest absolute Gasteiger partial charge is 0.459 e. The second kappa shape index (κ2) is 7.27. The second-order valence-corrected chi connectivity index (χ2v) is 6.66. The van der Waals surface area contributed by atoms with Crippen molar-refractivity contribution >= 4 is 22.8 Å². The van der Waals surface area contributed by atoms with Crippen molar-refractivity contribution in [2.24, 2.45) is 0 Å². The van der Waals surface area contributed by atoms with Crippen molar-refractivity contribution in [3.63, 3.8) is 0 Å². The Morgan fingerprint density at radius 1 is 1.16 bits per heavy atom. The summed E-state index contributed by atoms with van der Waals surface area (Å²) < 4.78 is 5.91. The lowest BCUT2D eigenvalue weighted by atomic mass is 10.2. The first-order valence-corrected chi connectivity index (χ1v) is 8.67. The molecule has 1 fully saturated rings. The molecule has 2 aromatic rings. The molecule has 2 heterocycles. The molecule has 2 amide bonds. The van der Waals surface area contributed by atoms with Crippen LogP contribution in [0.5, 0.6) is 0 Å². The fourth-order valence-electron chi connectivity index (χ4n) is 3.15. The molecule has 1 atom stereocenters. The third kappa shape index (κ3) is 3.85. The van der Waals surface area contributed by atoms with Crippen molar-refractivity contribution in [3.05, 3.63) is 36.1 Å². The number of fused-ring (bicyclic) bond motifs is 1. The van der Waals surface area contributed by atoms with E-state index < -0.39 is 0 Å². The number of hydrogen-bond acceptors (Lipinski definition) is 4. The minimum atomic E-state index is 0.00913. The SMILES string of the molecule is CC(=O)N1CCN(C(=O)CN(C)C(C)c2cc3ccccc3o2)CC1. The fraction of sp³-hybridized carbons (Fsp3) is 0.474. The third-order valence-corrected chi connectivity index (χ3v) is 4.98. The van der Waals surface area contributed by atoms with Gasteiger partial charge in [0, 0.05) is 38.5 Å². The molecule has 0 N–H and O–H groups in total. The lowest BCUT2D eigenvalue weighted by Gasteiger charge is -2.35. The number of carbonyl (C=O) groups excluding carboxylic acids is 2. The van der Waals surface area contributed by atoms with Crippen LogP contribution in [-0.2, 0) is 9.59 Å². The van der Waals surface area contributed by atoms with Crippen LogP contribution in [0.3, 0.4) is 0 Å². The van der Waals surface area contributed by atoms with Crippen molar-refractivity contribution < 1.29 is 14.0 Å². The highest BCUT2D eigenvalue weighted by molar-refractivity contribution is 5.79. The summed E-state index contributed by atoms with van der Waals surface area (Å²) in [5, 5.41) is 1.07. The molecule has 0 bridgehead atoms. The molecule has 1 aliphatic rings. The smallest absolute Gasteiger partial charge is 0.236 e. The normalized spacial score (nSPS) is 16.5. The number of nitrogens with zero attached hydrogens (tertiary/aromatic N) is 3. The minimum absolute atomic E-state index is 0.00913. The van der Waals surface area contributed by atoms with E-state index in [1.807, 2.05) is 54.1 Å². The van der Waals surface area contributed by atoms with Crippen molar-refractivity contribution in [3.8, 4) is 0 Å². The molecule has 3 rings (SSSR count). The molecule has 1 unspecified atom stereocenters. The quantitative estimate of drug-likeness (QED) is 0.853. The maximum Gasteiger partial charge on any atom is 0.236 e. The van der Waals surface area contributed by atoms with Crippen LogP contribution in [0.25, 0.3) is 11.0 Å². The summed E-state index contributed by atoms with van der Waals surface area (Å²) in [7, 11) is 1.93. The number of benzene rings is 1. The van der Waals surface area contributed by atoms with Crippen LogP contribution in [0.4, 0.5) is 0 Å². The lowest BCUT2D eigenvalue weighted by molar-refractivity contribution is -0.139. The Labute approximate surface area is 148 Å². The van der Waals surface area contributed by atoms with E-state index in [0.29, 0.717) is 32.7 Å². The monoisotopic (exact) mass is 343 g/mol. The number of likely N-dealkylation sites (N-methyl/N-ethyl adjacent to an activating group) is 1. The molecule has 6 nitrogen and oxygen atoms in total. The van der Waals surface area contributed by atoms with Crippen molar-refractivity contribution in [2.75, 3.05) is 39.8 Å². The number of carbonyl (C=O) groups is 2. The highest BCUT2D eigenvalue weighted by Gasteiger charge is 2.25. The van der Waals surface area contributed by atoms with Gasteiger partial charge in [0.05, 0.1) is 12.6 Å². The standard InChI is InChI=1S/C19H25N3O3/c1-14(18-12-16-6-4-5-7-17(16)25-18)20(3)13-19(24)22-10-8-21(9-11-22)15(2)23/h4-7,12,14H,8-11,13H2,1-3H3. The summed E-state index contributed by atoms with van der Waals surface area (Å²) in [6, 6.07) is 9.95. The van der Waals surface area contributed by atoms with Gasteiger partial charge in [0.1, 0.15) is 11.3 Å². The summed E-state index contributed by atoms with van der Waals surface area (Å²) in [6.07, 6.45) is 0. The van der Waals surface area contributed by atoms with Gasteiger partial charge in [-0.2, -0.15) is 0 Å². The lowest BCUT2D eigenvalue weighted by Crippen LogP contribution is -2.52. The summed E-state index contributed by atoms with van der Waals surface area (Å²) in [6.45, 7) is 6.38. The highest BCUT2D eigenvalue weighted by atomic mass is 16.3. The van der Waals surface area contributed by atoms with E-state index in [0.717, 1.165) is 16.7 Å². The van der Waals surface area contributed by atoms with Gasteiger partial charge < -0.3 is 14.2 Å². The predicted molar refractivity (Wildman–Crippen MR) is 96.1 cm³/mol. The Balaban J connectivity index is 1.58. The Morgan fingerprint density at radius 3 is 2.44 bits per heavy atom. The van der Waals surface area contributed by atoms with Gasteiger partial charge in [-0.1, -0.05) is 18.2 Å². The molecule has 0 saturated carbocycles. The van der Waals surface area contributed by atoms with Crippen LogP contribution in [0.2, 0.25) is 0 Å². The van der Waals surface area contributed by atoms with Crippen LogP contribution in [-0.4, -0.2) is 66.3 Å². The summed E-state index contributed by atoms with van der Waals surface area (Å²) in [5.41, 5.74) is 0.865. The molecule has 1 aromatic heterocycles. The Hall–Kier alpha value is -2.34. The first-order valence-electron chi connectivity index (χ1n) is 8.67. The molecule has 0 spiro atoms. The zero-order chi connectivity index (χ0) is 18.0. The van der Waals surface area contributed by atoms with Crippen LogP contribution < -0.4 is 0 Å². The van der Waals surface area contributed by atoms with E-state index in [9.17, 15) is 9.59 Å². The average Bonchev–Trinajstić information content (AvgIpc) is 3.05. The number of amides is 2. The molecule has 25 heavy (non-hydrogen) atoms. The van der Waals surface area contributed by atoms with Gasteiger partial charge in [0.15, 0.2) is 0 Å². The second-order valence-electron chi connectivity index (χ2n) is 6.66. The van der Waals surface area contributed by atoms with Crippen LogP contribution in [0, 0.1) is 0 Å². The van der Waals surface area contributed by atoms with E-state index in [-0.39, 0.29) is 17.9 Å². The van der Waals surface area contributed by atoms with E-state index in [1.165, 1.54) is 0 Å².